The van der Waals surface area contributed by atoms with Gasteiger partial charge in [-0.3, -0.25) is 18.6 Å². The molecule has 0 rings (SSSR count). The zero-order valence-electron chi connectivity index (χ0n) is 37.3. The van der Waals surface area contributed by atoms with Crippen molar-refractivity contribution in [1.29, 1.82) is 0 Å². The fourth-order valence-corrected chi connectivity index (χ4v) is 7.78. The Hall–Kier alpha value is -1.25. The van der Waals surface area contributed by atoms with Gasteiger partial charge in [0, 0.05) is 19.4 Å². The van der Waals surface area contributed by atoms with Gasteiger partial charge in [-0.05, 0) is 38.5 Å². The highest BCUT2D eigenvalue weighted by atomic mass is 31.2. The molecule has 57 heavy (non-hydrogen) atoms. The summed E-state index contributed by atoms with van der Waals surface area (Å²) < 4.78 is 26.9. The summed E-state index contributed by atoms with van der Waals surface area (Å²) in [7, 11) is -4.41. The molecule has 0 saturated heterocycles. The molecule has 0 radical (unpaired) electrons. The van der Waals surface area contributed by atoms with Crippen molar-refractivity contribution >= 4 is 19.7 Å². The lowest BCUT2D eigenvalue weighted by Gasteiger charge is -2.15. The molecule has 0 fully saturated rings. The highest BCUT2D eigenvalue weighted by Crippen LogP contribution is 2.42. The van der Waals surface area contributed by atoms with Crippen LogP contribution < -0.4 is 5.32 Å². The van der Waals surface area contributed by atoms with Crippen LogP contribution in [0, 0.1) is 0 Å². The summed E-state index contributed by atoms with van der Waals surface area (Å²) in [6.45, 7) is 3.58. The maximum atomic E-state index is 12.1. The number of ether oxygens (including phenoxy) is 1. The van der Waals surface area contributed by atoms with Crippen molar-refractivity contribution in [3.63, 3.8) is 0 Å². The quantitative estimate of drug-likeness (QED) is 0.0239. The van der Waals surface area contributed by atoms with E-state index in [4.69, 9.17) is 13.8 Å². The summed E-state index contributed by atoms with van der Waals surface area (Å²) in [6, 6.07) is 0. The lowest BCUT2D eigenvalue weighted by molar-refractivity contribution is -0.147. The van der Waals surface area contributed by atoms with E-state index in [0.717, 1.165) is 57.8 Å². The smallest absolute Gasteiger partial charge is 0.463 e. The van der Waals surface area contributed by atoms with E-state index in [2.05, 4.69) is 31.3 Å². The first-order valence-electron chi connectivity index (χ1n) is 24.2. The van der Waals surface area contributed by atoms with Crippen molar-refractivity contribution in [2.24, 2.45) is 0 Å². The third-order valence-corrected chi connectivity index (χ3v) is 11.7. The van der Waals surface area contributed by atoms with Crippen molar-refractivity contribution in [3.8, 4) is 0 Å². The van der Waals surface area contributed by atoms with Crippen LogP contribution in [0.3, 0.4) is 0 Å². The van der Waals surface area contributed by atoms with Gasteiger partial charge in [-0.15, -0.1) is 0 Å². The minimum Gasteiger partial charge on any atom is -0.463 e. The van der Waals surface area contributed by atoms with Crippen LogP contribution in [-0.4, -0.2) is 54.3 Å². The lowest BCUT2D eigenvalue weighted by atomic mass is 10.0. The molecule has 0 aliphatic rings. The predicted molar refractivity (Wildman–Crippen MR) is 238 cm³/mol. The molecule has 0 aromatic heterocycles. The summed E-state index contributed by atoms with van der Waals surface area (Å²) in [5.41, 5.74) is 0. The maximum Gasteiger partial charge on any atom is 0.472 e. The van der Waals surface area contributed by atoms with Crippen LogP contribution in [0.15, 0.2) is 12.2 Å². The van der Waals surface area contributed by atoms with E-state index in [1.807, 2.05) is 0 Å². The van der Waals surface area contributed by atoms with Crippen LogP contribution in [0.2, 0.25) is 0 Å². The van der Waals surface area contributed by atoms with Gasteiger partial charge in [0.05, 0.1) is 13.2 Å². The summed E-state index contributed by atoms with van der Waals surface area (Å²) in [4.78, 5) is 34.0. The zero-order valence-corrected chi connectivity index (χ0v) is 38.2. The Balaban J connectivity index is 3.52. The average molecular weight is 830 g/mol. The van der Waals surface area contributed by atoms with E-state index in [1.165, 1.54) is 161 Å². The van der Waals surface area contributed by atoms with Crippen molar-refractivity contribution in [3.05, 3.63) is 12.2 Å². The molecular formula is C47H92NO8P. The number of unbranched alkanes of at least 4 members (excludes halogenated alkanes) is 31. The van der Waals surface area contributed by atoms with Crippen LogP contribution in [0.5, 0.6) is 0 Å². The van der Waals surface area contributed by atoms with E-state index in [9.17, 15) is 24.2 Å². The fraction of sp³-hybridized carbons (Fsp3) is 0.915. The number of carbonyl (C=O) groups excluding carboxylic acids is 2. The second-order valence-electron chi connectivity index (χ2n) is 16.4. The molecule has 0 aliphatic heterocycles. The van der Waals surface area contributed by atoms with Gasteiger partial charge in [-0.25, -0.2) is 4.57 Å². The number of carbonyl (C=O) groups is 2. The Morgan fingerprint density at radius 3 is 1.32 bits per heavy atom. The van der Waals surface area contributed by atoms with Crippen LogP contribution in [0.1, 0.15) is 245 Å². The first kappa shape index (κ1) is 55.8. The number of hydrogen-bond donors (Lipinski definition) is 3. The predicted octanol–water partition coefficient (Wildman–Crippen LogP) is 13.8. The van der Waals surface area contributed by atoms with E-state index < -0.39 is 26.5 Å². The van der Waals surface area contributed by atoms with Gasteiger partial charge in [0.2, 0.25) is 5.91 Å². The summed E-state index contributed by atoms with van der Waals surface area (Å²) in [5.74, 6) is -0.514. The molecule has 10 heteroatoms. The highest BCUT2D eigenvalue weighted by molar-refractivity contribution is 7.47. The number of allylic oxidation sites excluding steroid dienone is 2. The Morgan fingerprint density at radius 2 is 0.895 bits per heavy atom. The van der Waals surface area contributed by atoms with Gasteiger partial charge < -0.3 is 20.1 Å². The van der Waals surface area contributed by atoms with E-state index in [0.29, 0.717) is 6.42 Å². The number of esters is 1. The van der Waals surface area contributed by atoms with Gasteiger partial charge in [-0.2, -0.15) is 0 Å². The van der Waals surface area contributed by atoms with Gasteiger partial charge in [-0.1, -0.05) is 206 Å². The van der Waals surface area contributed by atoms with E-state index >= 15 is 0 Å². The van der Waals surface area contributed by atoms with Crippen LogP contribution in [0.25, 0.3) is 0 Å². The van der Waals surface area contributed by atoms with Crippen molar-refractivity contribution in [2.45, 2.75) is 251 Å². The van der Waals surface area contributed by atoms with Crippen LogP contribution in [-0.2, 0) is 27.9 Å². The molecule has 0 heterocycles. The number of nitrogens with one attached hydrogen (secondary N) is 1. The number of rotatable bonds is 46. The molecule has 0 spiro atoms. The minimum atomic E-state index is -4.41. The molecule has 0 bridgehead atoms. The topological polar surface area (TPSA) is 131 Å². The van der Waals surface area contributed by atoms with E-state index in [1.54, 1.807) is 0 Å². The van der Waals surface area contributed by atoms with Crippen LogP contribution in [0.4, 0.5) is 0 Å². The molecule has 0 aromatic carbocycles. The largest absolute Gasteiger partial charge is 0.472 e. The van der Waals surface area contributed by atoms with Gasteiger partial charge in [0.1, 0.15) is 12.7 Å². The Bertz CT molecular complexity index is 948. The number of hydrogen-bond acceptors (Lipinski definition) is 7. The van der Waals surface area contributed by atoms with Crippen molar-refractivity contribution in [2.75, 3.05) is 26.4 Å². The fourth-order valence-electron chi connectivity index (χ4n) is 7.02. The second kappa shape index (κ2) is 44.3. The zero-order chi connectivity index (χ0) is 41.8. The SMILES string of the molecule is CCCCCCC/C=C\CCCCCCCC(=O)OCC(O)COP(=O)(O)OCCNC(=O)CCCCCCCCCCCCCCCCCCCCCCCC. The number of amides is 1. The number of aliphatic hydroxyl groups is 1. The third-order valence-electron chi connectivity index (χ3n) is 10.7. The maximum absolute atomic E-state index is 12.1. The molecule has 3 N–H and O–H groups in total. The Labute approximate surface area is 351 Å². The molecule has 338 valence electrons. The molecule has 2 unspecified atom stereocenters. The number of aliphatic hydroxyl groups excluding tert-OH is 1. The number of phosphoric ester groups is 1. The first-order valence-corrected chi connectivity index (χ1v) is 25.7. The highest BCUT2D eigenvalue weighted by Gasteiger charge is 2.23. The molecular weight excluding hydrogens is 737 g/mol. The molecule has 1 amide bonds. The Morgan fingerprint density at radius 1 is 0.526 bits per heavy atom. The summed E-state index contributed by atoms with van der Waals surface area (Å²) in [5, 5.41) is 12.7. The van der Waals surface area contributed by atoms with Crippen molar-refractivity contribution in [1.82, 2.24) is 5.32 Å². The van der Waals surface area contributed by atoms with Gasteiger partial charge in [0.15, 0.2) is 0 Å². The molecule has 0 aromatic rings. The summed E-state index contributed by atoms with van der Waals surface area (Å²) >= 11 is 0. The number of phosphoric acid groups is 1. The Kier molecular flexibility index (Phi) is 43.3. The van der Waals surface area contributed by atoms with Gasteiger partial charge >= 0.3 is 13.8 Å². The van der Waals surface area contributed by atoms with Crippen molar-refractivity contribution < 1.29 is 37.9 Å². The standard InChI is InChI=1S/C47H92NO8P/c1-3-5-7-9-11-13-15-17-19-20-21-22-23-24-25-26-27-29-31-33-35-37-39-46(50)48-41-42-55-57(52,53)56-44-45(49)43-54-47(51)40-38-36-34-32-30-28-18-16-14-12-10-8-6-4-2/h16,18,45,49H,3-15,17,19-44H2,1-2H3,(H,48,50)(H,52,53)/b18-16-. The molecule has 2 atom stereocenters. The lowest BCUT2D eigenvalue weighted by Crippen LogP contribution is -2.27. The first-order chi connectivity index (χ1) is 27.8. The normalized spacial score (nSPS) is 13.3. The minimum absolute atomic E-state index is 0.0858. The molecule has 0 aliphatic carbocycles. The molecule has 9 nitrogen and oxygen atoms in total. The monoisotopic (exact) mass is 830 g/mol. The van der Waals surface area contributed by atoms with Crippen LogP contribution >= 0.6 is 7.82 Å². The average Bonchev–Trinajstić information content (AvgIpc) is 3.20. The molecule has 0 saturated carbocycles. The van der Waals surface area contributed by atoms with Gasteiger partial charge in [0.25, 0.3) is 0 Å². The summed E-state index contributed by atoms with van der Waals surface area (Å²) in [6.07, 6.45) is 47.2. The van der Waals surface area contributed by atoms with E-state index in [-0.39, 0.29) is 32.1 Å². The second-order valence-corrected chi connectivity index (χ2v) is 17.9. The third kappa shape index (κ3) is 45.7.